The van der Waals surface area contributed by atoms with E-state index in [4.69, 9.17) is 27.2 Å². The van der Waals surface area contributed by atoms with Crippen LogP contribution >= 0.6 is 11.6 Å². The minimum absolute atomic E-state index is 0.0851. The number of halogens is 1. The molecule has 0 aromatic heterocycles. The van der Waals surface area contributed by atoms with E-state index in [1.165, 1.54) is 25.3 Å². The molecule has 0 spiro atoms. The number of anilines is 1. The smallest absolute Gasteiger partial charge is 0.242 e. The molecule has 0 saturated heterocycles. The van der Waals surface area contributed by atoms with Gasteiger partial charge in [-0.25, -0.2) is 13.1 Å². The Balaban J connectivity index is 2.99. The number of aliphatic hydroxyl groups excluding tert-OH is 1. The highest BCUT2D eigenvalue weighted by Crippen LogP contribution is 2.23. The fourth-order valence-electron chi connectivity index (χ4n) is 1.54. The second-order valence-electron chi connectivity index (χ2n) is 3.98. The van der Waals surface area contributed by atoms with E-state index >= 15 is 0 Å². The fraction of sp³-hybridized carbons (Fsp3) is 0.455. The summed E-state index contributed by atoms with van der Waals surface area (Å²) in [5.41, 5.74) is 5.86. The summed E-state index contributed by atoms with van der Waals surface area (Å²) in [7, 11) is -2.36. The Morgan fingerprint density at radius 1 is 1.53 bits per heavy atom. The van der Waals surface area contributed by atoms with Gasteiger partial charge in [-0.15, -0.1) is 0 Å². The number of benzene rings is 1. The van der Waals surface area contributed by atoms with E-state index in [0.717, 1.165) is 0 Å². The molecule has 19 heavy (non-hydrogen) atoms. The van der Waals surface area contributed by atoms with Gasteiger partial charge in [-0.05, 0) is 24.6 Å². The van der Waals surface area contributed by atoms with Crippen molar-refractivity contribution in [1.82, 2.24) is 4.72 Å². The van der Waals surface area contributed by atoms with Crippen LogP contribution in [0.25, 0.3) is 0 Å². The predicted octanol–water partition coefficient (Wildman–Crippen LogP) is 0.598. The normalized spacial score (nSPS) is 13.4. The number of aliphatic hydroxyl groups is 1. The van der Waals surface area contributed by atoms with Crippen molar-refractivity contribution in [3.05, 3.63) is 23.2 Å². The summed E-state index contributed by atoms with van der Waals surface area (Å²) in [4.78, 5) is -0.0896. The molecule has 1 rings (SSSR count). The molecule has 0 amide bonds. The van der Waals surface area contributed by atoms with Crippen molar-refractivity contribution in [3.63, 3.8) is 0 Å². The van der Waals surface area contributed by atoms with Gasteiger partial charge >= 0.3 is 0 Å². The Labute approximate surface area is 117 Å². The van der Waals surface area contributed by atoms with E-state index in [2.05, 4.69) is 4.72 Å². The molecule has 0 aliphatic carbocycles. The molecule has 1 aromatic carbocycles. The van der Waals surface area contributed by atoms with Crippen LogP contribution < -0.4 is 10.5 Å². The molecule has 0 heterocycles. The van der Waals surface area contributed by atoms with Gasteiger partial charge in [-0.3, -0.25) is 0 Å². The van der Waals surface area contributed by atoms with E-state index in [0.29, 0.717) is 5.69 Å². The highest BCUT2D eigenvalue weighted by Gasteiger charge is 2.22. The van der Waals surface area contributed by atoms with Crippen LogP contribution in [0.3, 0.4) is 0 Å². The zero-order valence-electron chi connectivity index (χ0n) is 10.5. The molecule has 0 aliphatic heterocycles. The molecule has 1 aromatic rings. The Kier molecular flexibility index (Phi) is 6.02. The van der Waals surface area contributed by atoms with Gasteiger partial charge in [0.15, 0.2) is 0 Å². The number of rotatable bonds is 7. The van der Waals surface area contributed by atoms with Gasteiger partial charge < -0.3 is 15.6 Å². The van der Waals surface area contributed by atoms with Gasteiger partial charge in [0, 0.05) is 25.4 Å². The predicted molar refractivity (Wildman–Crippen MR) is 73.6 cm³/mol. The number of methoxy groups -OCH3 is 1. The summed E-state index contributed by atoms with van der Waals surface area (Å²) in [6.07, 6.45) is 0.243. The summed E-state index contributed by atoms with van der Waals surface area (Å²) in [5.74, 6) is 0. The molecule has 6 nitrogen and oxygen atoms in total. The fourth-order valence-corrected chi connectivity index (χ4v) is 3.33. The van der Waals surface area contributed by atoms with Crippen molar-refractivity contribution in [3.8, 4) is 0 Å². The molecule has 1 unspecified atom stereocenters. The van der Waals surface area contributed by atoms with E-state index in [-0.39, 0.29) is 29.6 Å². The number of ether oxygens (including phenoxy) is 1. The number of hydrogen-bond donors (Lipinski definition) is 3. The Morgan fingerprint density at radius 3 is 2.79 bits per heavy atom. The van der Waals surface area contributed by atoms with Crippen LogP contribution in [0.2, 0.25) is 5.02 Å². The summed E-state index contributed by atoms with van der Waals surface area (Å²) < 4.78 is 31.7. The number of hydrogen-bond acceptors (Lipinski definition) is 5. The second-order valence-corrected chi connectivity index (χ2v) is 6.07. The maximum Gasteiger partial charge on any atom is 0.242 e. The summed E-state index contributed by atoms with van der Waals surface area (Å²) >= 11 is 5.86. The Bertz CT molecular complexity index is 515. The summed E-state index contributed by atoms with van der Waals surface area (Å²) in [6.45, 7) is 0.000925. The van der Waals surface area contributed by atoms with Crippen molar-refractivity contribution in [1.29, 1.82) is 0 Å². The average Bonchev–Trinajstić information content (AvgIpc) is 2.32. The lowest BCUT2D eigenvalue weighted by Gasteiger charge is -2.17. The third kappa shape index (κ3) is 4.63. The van der Waals surface area contributed by atoms with Crippen LogP contribution in [0.5, 0.6) is 0 Å². The topological polar surface area (TPSA) is 102 Å². The number of sulfonamides is 1. The third-order valence-corrected chi connectivity index (χ3v) is 4.41. The maximum absolute atomic E-state index is 12.2. The van der Waals surface area contributed by atoms with Gasteiger partial charge in [0.25, 0.3) is 0 Å². The van der Waals surface area contributed by atoms with E-state index in [1.807, 2.05) is 0 Å². The quantitative estimate of drug-likeness (QED) is 0.640. The molecular weight excluding hydrogens is 292 g/mol. The molecule has 4 N–H and O–H groups in total. The molecule has 0 aliphatic rings. The first-order valence-electron chi connectivity index (χ1n) is 5.58. The second kappa shape index (κ2) is 7.06. The molecule has 1 atom stereocenters. The van der Waals surface area contributed by atoms with Crippen molar-refractivity contribution < 1.29 is 18.3 Å². The minimum atomic E-state index is -3.81. The van der Waals surface area contributed by atoms with Gasteiger partial charge in [0.05, 0.1) is 11.6 Å². The first-order chi connectivity index (χ1) is 8.90. The average molecular weight is 309 g/mol. The minimum Gasteiger partial charge on any atom is -0.399 e. The van der Waals surface area contributed by atoms with Crippen LogP contribution in [-0.2, 0) is 14.8 Å². The van der Waals surface area contributed by atoms with Crippen LogP contribution in [0, 0.1) is 0 Å². The van der Waals surface area contributed by atoms with E-state index in [9.17, 15) is 8.42 Å². The highest BCUT2D eigenvalue weighted by atomic mass is 35.5. The zero-order valence-corrected chi connectivity index (χ0v) is 12.0. The lowest BCUT2D eigenvalue weighted by atomic mass is 10.2. The molecule has 108 valence electrons. The Hall–Kier alpha value is -0.860. The highest BCUT2D eigenvalue weighted by molar-refractivity contribution is 7.89. The first-order valence-corrected chi connectivity index (χ1v) is 7.44. The molecule has 0 radical (unpaired) electrons. The van der Waals surface area contributed by atoms with Crippen LogP contribution in [0.1, 0.15) is 6.42 Å². The first kappa shape index (κ1) is 16.2. The lowest BCUT2D eigenvalue weighted by molar-refractivity contribution is 0.158. The zero-order chi connectivity index (χ0) is 14.5. The Morgan fingerprint density at radius 2 is 2.21 bits per heavy atom. The largest absolute Gasteiger partial charge is 0.399 e. The van der Waals surface area contributed by atoms with Crippen LogP contribution in [0.4, 0.5) is 5.69 Å². The standard InChI is InChI=1S/C11H17ClN2O4S/c1-18-7-9(4-5-15)14-19(16,17)11-6-8(13)2-3-10(11)12/h2-3,6,9,14-15H,4-5,7,13H2,1H3. The number of nitrogens with two attached hydrogens (primary N) is 1. The van der Waals surface area contributed by atoms with Crippen molar-refractivity contribution >= 4 is 27.3 Å². The monoisotopic (exact) mass is 308 g/mol. The summed E-state index contributed by atoms with van der Waals surface area (Å²) in [6, 6.07) is 3.69. The van der Waals surface area contributed by atoms with Crippen LogP contribution in [-0.4, -0.2) is 39.9 Å². The molecule has 0 fully saturated rings. The molecule has 0 saturated carbocycles. The van der Waals surface area contributed by atoms with Gasteiger partial charge in [-0.2, -0.15) is 0 Å². The maximum atomic E-state index is 12.2. The van der Waals surface area contributed by atoms with Gasteiger partial charge in [-0.1, -0.05) is 11.6 Å². The van der Waals surface area contributed by atoms with E-state index in [1.54, 1.807) is 0 Å². The van der Waals surface area contributed by atoms with E-state index < -0.39 is 16.1 Å². The summed E-state index contributed by atoms with van der Waals surface area (Å²) in [5, 5.41) is 8.98. The number of nitrogen functional groups attached to an aromatic ring is 1. The van der Waals surface area contributed by atoms with Crippen molar-refractivity contribution in [2.24, 2.45) is 0 Å². The molecule has 8 heteroatoms. The van der Waals surface area contributed by atoms with Crippen molar-refractivity contribution in [2.45, 2.75) is 17.4 Å². The third-order valence-electron chi connectivity index (χ3n) is 2.41. The molecular formula is C11H17ClN2O4S. The lowest BCUT2D eigenvalue weighted by Crippen LogP contribution is -2.38. The van der Waals surface area contributed by atoms with Gasteiger partial charge in [0.1, 0.15) is 4.90 Å². The SMILES string of the molecule is COCC(CCO)NS(=O)(=O)c1cc(N)ccc1Cl. The number of nitrogens with one attached hydrogen (secondary N) is 1. The van der Waals surface area contributed by atoms with Crippen LogP contribution in [0.15, 0.2) is 23.1 Å². The van der Waals surface area contributed by atoms with Crippen molar-refractivity contribution in [2.75, 3.05) is 26.1 Å². The van der Waals surface area contributed by atoms with Gasteiger partial charge in [0.2, 0.25) is 10.0 Å². The molecule has 0 bridgehead atoms.